The summed E-state index contributed by atoms with van der Waals surface area (Å²) >= 11 is 0. The lowest BCUT2D eigenvalue weighted by Gasteiger charge is -2.19. The second-order valence-electron chi connectivity index (χ2n) is 4.67. The molecule has 0 spiro atoms. The summed E-state index contributed by atoms with van der Waals surface area (Å²) in [5.74, 6) is -2.02. The smallest absolute Gasteiger partial charge is 0.328 e. The highest BCUT2D eigenvalue weighted by Crippen LogP contribution is 2.15. The van der Waals surface area contributed by atoms with E-state index in [-0.39, 0.29) is 17.0 Å². The van der Waals surface area contributed by atoms with Crippen molar-refractivity contribution >= 4 is 18.0 Å². The summed E-state index contributed by atoms with van der Waals surface area (Å²) in [5.41, 5.74) is 0.384. The van der Waals surface area contributed by atoms with Gasteiger partial charge >= 0.3 is 5.97 Å². The molecular formula is C15H16FNO4. The van der Waals surface area contributed by atoms with Gasteiger partial charge in [-0.2, -0.15) is 0 Å². The maximum Gasteiger partial charge on any atom is 0.328 e. The molecule has 0 bridgehead atoms. The van der Waals surface area contributed by atoms with Gasteiger partial charge in [0.15, 0.2) is 0 Å². The van der Waals surface area contributed by atoms with Crippen molar-refractivity contribution in [1.82, 2.24) is 4.90 Å². The molecule has 112 valence electrons. The lowest BCUT2D eigenvalue weighted by atomic mass is 10.1. The van der Waals surface area contributed by atoms with Gasteiger partial charge in [-0.05, 0) is 24.6 Å². The molecule has 0 saturated carbocycles. The Kier molecular flexibility index (Phi) is 5.05. The number of halogens is 1. The second-order valence-corrected chi connectivity index (χ2v) is 4.67. The molecule has 0 atom stereocenters. The molecule has 1 heterocycles. The fourth-order valence-corrected chi connectivity index (χ4v) is 2.09. The standard InChI is InChI=1S/C15H16FNO4/c16-13-10-12(3-2-11(13)4-5-14(18)19)15(20)17-6-1-8-21-9-7-17/h2-5,10H,1,6-9H2,(H,18,19). The van der Waals surface area contributed by atoms with Gasteiger partial charge in [0.05, 0.1) is 6.61 Å². The quantitative estimate of drug-likeness (QED) is 0.863. The van der Waals surface area contributed by atoms with Gasteiger partial charge in [-0.25, -0.2) is 9.18 Å². The summed E-state index contributed by atoms with van der Waals surface area (Å²) in [6.07, 6.45) is 2.77. The van der Waals surface area contributed by atoms with Gasteiger partial charge in [0.2, 0.25) is 0 Å². The van der Waals surface area contributed by atoms with Crippen LogP contribution in [0.5, 0.6) is 0 Å². The first kappa shape index (κ1) is 15.2. The van der Waals surface area contributed by atoms with E-state index in [1.807, 2.05) is 0 Å². The number of carboxylic acids is 1. The van der Waals surface area contributed by atoms with E-state index in [0.29, 0.717) is 26.3 Å². The van der Waals surface area contributed by atoms with Crippen LogP contribution in [0.4, 0.5) is 4.39 Å². The summed E-state index contributed by atoms with van der Waals surface area (Å²) < 4.78 is 19.1. The van der Waals surface area contributed by atoms with E-state index in [2.05, 4.69) is 0 Å². The van der Waals surface area contributed by atoms with Gasteiger partial charge in [-0.3, -0.25) is 4.79 Å². The third-order valence-corrected chi connectivity index (χ3v) is 3.16. The third-order valence-electron chi connectivity index (χ3n) is 3.16. The number of benzene rings is 1. The molecule has 0 radical (unpaired) electrons. The highest BCUT2D eigenvalue weighted by Gasteiger charge is 2.18. The maximum atomic E-state index is 13.9. The van der Waals surface area contributed by atoms with Crippen LogP contribution in [0.2, 0.25) is 0 Å². The summed E-state index contributed by atoms with van der Waals surface area (Å²) in [7, 11) is 0. The number of hydrogen-bond donors (Lipinski definition) is 1. The molecule has 1 fully saturated rings. The zero-order valence-corrected chi connectivity index (χ0v) is 11.4. The fourth-order valence-electron chi connectivity index (χ4n) is 2.09. The lowest BCUT2D eigenvalue weighted by Crippen LogP contribution is -2.33. The molecule has 1 saturated heterocycles. The predicted molar refractivity (Wildman–Crippen MR) is 74.4 cm³/mol. The number of nitrogens with zero attached hydrogens (tertiary/aromatic N) is 1. The van der Waals surface area contributed by atoms with Crippen LogP contribution in [0, 0.1) is 5.82 Å². The molecule has 5 nitrogen and oxygen atoms in total. The predicted octanol–water partition coefficient (Wildman–Crippen LogP) is 1.79. The van der Waals surface area contributed by atoms with Crippen molar-refractivity contribution in [1.29, 1.82) is 0 Å². The molecule has 1 aromatic rings. The van der Waals surface area contributed by atoms with Crippen LogP contribution in [0.1, 0.15) is 22.3 Å². The van der Waals surface area contributed by atoms with E-state index in [1.165, 1.54) is 12.1 Å². The van der Waals surface area contributed by atoms with E-state index in [9.17, 15) is 14.0 Å². The zero-order valence-electron chi connectivity index (χ0n) is 11.4. The van der Waals surface area contributed by atoms with E-state index in [0.717, 1.165) is 24.6 Å². The third kappa shape index (κ3) is 4.13. The van der Waals surface area contributed by atoms with Gasteiger partial charge in [0.25, 0.3) is 5.91 Å². The van der Waals surface area contributed by atoms with Crippen LogP contribution in [-0.2, 0) is 9.53 Å². The minimum Gasteiger partial charge on any atom is -0.478 e. The Morgan fingerprint density at radius 3 is 2.81 bits per heavy atom. The number of carboxylic acid groups (broad SMARTS) is 1. The molecule has 1 aliphatic rings. The molecule has 2 rings (SSSR count). The van der Waals surface area contributed by atoms with Crippen molar-refractivity contribution in [3.8, 4) is 0 Å². The van der Waals surface area contributed by atoms with E-state index in [1.54, 1.807) is 4.90 Å². The number of carbonyl (C=O) groups is 2. The van der Waals surface area contributed by atoms with Crippen molar-refractivity contribution in [3.05, 3.63) is 41.2 Å². The number of rotatable bonds is 3. The first-order valence-electron chi connectivity index (χ1n) is 6.65. The van der Waals surface area contributed by atoms with Crippen LogP contribution in [0.3, 0.4) is 0 Å². The molecule has 1 N–H and O–H groups in total. The van der Waals surface area contributed by atoms with Crippen LogP contribution in [-0.4, -0.2) is 48.2 Å². The topological polar surface area (TPSA) is 66.8 Å². The van der Waals surface area contributed by atoms with Crippen molar-refractivity contribution in [2.24, 2.45) is 0 Å². The molecular weight excluding hydrogens is 277 g/mol. The number of amides is 1. The minimum absolute atomic E-state index is 0.133. The van der Waals surface area contributed by atoms with Gasteiger partial charge < -0.3 is 14.7 Å². The average molecular weight is 293 g/mol. The highest BCUT2D eigenvalue weighted by molar-refractivity contribution is 5.94. The molecule has 21 heavy (non-hydrogen) atoms. The highest BCUT2D eigenvalue weighted by atomic mass is 19.1. The minimum atomic E-state index is -1.15. The van der Waals surface area contributed by atoms with Crippen LogP contribution < -0.4 is 0 Å². The van der Waals surface area contributed by atoms with Crippen LogP contribution >= 0.6 is 0 Å². The van der Waals surface area contributed by atoms with E-state index < -0.39 is 11.8 Å². The molecule has 6 heteroatoms. The Hall–Kier alpha value is -2.21. The second kappa shape index (κ2) is 6.99. The summed E-state index contributed by atoms with van der Waals surface area (Å²) in [4.78, 5) is 24.3. The first-order chi connectivity index (χ1) is 10.1. The first-order valence-corrected chi connectivity index (χ1v) is 6.65. The summed E-state index contributed by atoms with van der Waals surface area (Å²) in [6, 6.07) is 4.03. The zero-order chi connectivity index (χ0) is 15.2. The number of hydrogen-bond acceptors (Lipinski definition) is 3. The monoisotopic (exact) mass is 293 g/mol. The van der Waals surface area contributed by atoms with Gasteiger partial charge in [0, 0.05) is 36.9 Å². The lowest BCUT2D eigenvalue weighted by molar-refractivity contribution is -0.131. The Balaban J connectivity index is 2.15. The molecule has 1 aliphatic heterocycles. The molecule has 0 aliphatic carbocycles. The normalized spacial score (nSPS) is 16.0. The van der Waals surface area contributed by atoms with Crippen molar-refractivity contribution in [2.45, 2.75) is 6.42 Å². The summed E-state index contributed by atoms with van der Waals surface area (Å²) in [5, 5.41) is 8.52. The Bertz CT molecular complexity index is 563. The van der Waals surface area contributed by atoms with Crippen molar-refractivity contribution in [2.75, 3.05) is 26.3 Å². The maximum absolute atomic E-state index is 13.9. The van der Waals surface area contributed by atoms with Gasteiger partial charge in [0.1, 0.15) is 5.82 Å². The van der Waals surface area contributed by atoms with E-state index in [4.69, 9.17) is 9.84 Å². The van der Waals surface area contributed by atoms with Crippen LogP contribution in [0.25, 0.3) is 6.08 Å². The van der Waals surface area contributed by atoms with Gasteiger partial charge in [-0.1, -0.05) is 6.07 Å². The Morgan fingerprint density at radius 2 is 2.10 bits per heavy atom. The van der Waals surface area contributed by atoms with Crippen molar-refractivity contribution < 1.29 is 23.8 Å². The average Bonchev–Trinajstić information content (AvgIpc) is 2.74. The Labute approximate surface area is 121 Å². The van der Waals surface area contributed by atoms with Crippen LogP contribution in [0.15, 0.2) is 24.3 Å². The van der Waals surface area contributed by atoms with E-state index >= 15 is 0 Å². The fraction of sp³-hybridized carbons (Fsp3) is 0.333. The number of carbonyl (C=O) groups excluding carboxylic acids is 1. The molecule has 0 aromatic heterocycles. The van der Waals surface area contributed by atoms with Crippen molar-refractivity contribution in [3.63, 3.8) is 0 Å². The summed E-state index contributed by atoms with van der Waals surface area (Å²) in [6.45, 7) is 2.17. The molecule has 1 amide bonds. The number of ether oxygens (including phenoxy) is 1. The molecule has 0 unspecified atom stereocenters. The number of aliphatic carboxylic acids is 1. The van der Waals surface area contributed by atoms with Gasteiger partial charge in [-0.15, -0.1) is 0 Å². The SMILES string of the molecule is O=C(O)C=Cc1ccc(C(=O)N2CCCOCC2)cc1F. The Morgan fingerprint density at radius 1 is 1.29 bits per heavy atom. The largest absolute Gasteiger partial charge is 0.478 e. The molecule has 1 aromatic carbocycles.